The lowest BCUT2D eigenvalue weighted by atomic mass is 10.0. The van der Waals surface area contributed by atoms with E-state index in [4.69, 9.17) is 4.74 Å². The van der Waals surface area contributed by atoms with Gasteiger partial charge in [-0.15, -0.1) is 0 Å². The molecule has 0 amide bonds. The lowest BCUT2D eigenvalue weighted by molar-refractivity contribution is -0.121. The highest BCUT2D eigenvalue weighted by Gasteiger charge is 2.23. The Morgan fingerprint density at radius 1 is 0.952 bits per heavy atom. The second-order valence-electron chi connectivity index (χ2n) is 5.58. The summed E-state index contributed by atoms with van der Waals surface area (Å²) in [4.78, 5) is 11.6. The molecule has 1 atom stereocenters. The summed E-state index contributed by atoms with van der Waals surface area (Å²) in [5, 5.41) is 0. The van der Waals surface area contributed by atoms with Crippen molar-refractivity contribution in [2.24, 2.45) is 5.92 Å². The van der Waals surface area contributed by atoms with E-state index in [0.717, 1.165) is 31.4 Å². The van der Waals surface area contributed by atoms with Crippen molar-refractivity contribution in [1.82, 2.24) is 0 Å². The van der Waals surface area contributed by atoms with Gasteiger partial charge in [-0.1, -0.05) is 42.5 Å². The van der Waals surface area contributed by atoms with Crippen LogP contribution >= 0.6 is 0 Å². The number of hydrogen-bond donors (Lipinski definition) is 0. The first-order valence-electron chi connectivity index (χ1n) is 7.64. The van der Waals surface area contributed by atoms with Crippen molar-refractivity contribution >= 4 is 5.78 Å². The zero-order valence-corrected chi connectivity index (χ0v) is 12.1. The predicted octanol–water partition coefficient (Wildman–Crippen LogP) is 4.49. The number of hydrogen-bond acceptors (Lipinski definition) is 2. The van der Waals surface area contributed by atoms with Gasteiger partial charge in [-0.25, -0.2) is 0 Å². The van der Waals surface area contributed by atoms with Crippen LogP contribution in [0.5, 0.6) is 5.75 Å². The SMILES string of the molecule is O=C1CCCC1CCOc1ccc(-c2ccccc2)cc1. The van der Waals surface area contributed by atoms with E-state index >= 15 is 0 Å². The van der Waals surface area contributed by atoms with Crippen LogP contribution in [0, 0.1) is 5.92 Å². The first-order chi connectivity index (χ1) is 10.3. The second-order valence-corrected chi connectivity index (χ2v) is 5.58. The molecule has 0 N–H and O–H groups in total. The van der Waals surface area contributed by atoms with Gasteiger partial charge in [0.2, 0.25) is 0 Å². The monoisotopic (exact) mass is 280 g/mol. The Bertz CT molecular complexity index is 587. The normalized spacial score (nSPS) is 17.9. The van der Waals surface area contributed by atoms with Gasteiger partial charge in [0.05, 0.1) is 6.61 Å². The number of carbonyl (C=O) groups excluding carboxylic acids is 1. The molecule has 1 saturated carbocycles. The van der Waals surface area contributed by atoms with Gasteiger partial charge < -0.3 is 4.74 Å². The number of benzene rings is 2. The third kappa shape index (κ3) is 3.52. The summed E-state index contributed by atoms with van der Waals surface area (Å²) in [6.45, 7) is 0.626. The minimum absolute atomic E-state index is 0.230. The quantitative estimate of drug-likeness (QED) is 0.806. The standard InChI is InChI=1S/C19H20O2/c20-19-8-4-7-17(19)13-14-21-18-11-9-16(10-12-18)15-5-2-1-3-6-15/h1-3,5-6,9-12,17H,4,7-8,13-14H2. The molecule has 3 rings (SSSR count). The highest BCUT2D eigenvalue weighted by Crippen LogP contribution is 2.25. The molecule has 2 nitrogen and oxygen atoms in total. The molecule has 1 aliphatic rings. The molecule has 0 radical (unpaired) electrons. The van der Waals surface area contributed by atoms with Gasteiger partial charge in [0.1, 0.15) is 11.5 Å². The molecule has 2 aromatic rings. The number of ether oxygens (including phenoxy) is 1. The average molecular weight is 280 g/mol. The Morgan fingerprint density at radius 2 is 1.67 bits per heavy atom. The first-order valence-corrected chi connectivity index (χ1v) is 7.64. The fraction of sp³-hybridized carbons (Fsp3) is 0.316. The van der Waals surface area contributed by atoms with Crippen LogP contribution in [0.15, 0.2) is 54.6 Å². The molecule has 0 heterocycles. The van der Waals surface area contributed by atoms with Crippen LogP contribution in [0.4, 0.5) is 0 Å². The van der Waals surface area contributed by atoms with Gasteiger partial charge in [0.15, 0.2) is 0 Å². The third-order valence-electron chi connectivity index (χ3n) is 4.13. The van der Waals surface area contributed by atoms with E-state index in [1.165, 1.54) is 11.1 Å². The molecule has 2 heteroatoms. The van der Waals surface area contributed by atoms with E-state index in [2.05, 4.69) is 24.3 Å². The van der Waals surface area contributed by atoms with Crippen molar-refractivity contribution in [3.8, 4) is 16.9 Å². The van der Waals surface area contributed by atoms with Gasteiger partial charge in [-0.3, -0.25) is 4.79 Å². The highest BCUT2D eigenvalue weighted by molar-refractivity contribution is 5.82. The van der Waals surface area contributed by atoms with Crippen molar-refractivity contribution < 1.29 is 9.53 Å². The van der Waals surface area contributed by atoms with E-state index < -0.39 is 0 Å². The molecule has 0 bridgehead atoms. The zero-order valence-electron chi connectivity index (χ0n) is 12.1. The Labute approximate surface area is 125 Å². The molecular formula is C19H20O2. The Kier molecular flexibility index (Phi) is 4.34. The van der Waals surface area contributed by atoms with Crippen molar-refractivity contribution in [2.75, 3.05) is 6.61 Å². The van der Waals surface area contributed by atoms with E-state index in [1.54, 1.807) is 0 Å². The minimum Gasteiger partial charge on any atom is -0.494 e. The summed E-state index contributed by atoms with van der Waals surface area (Å²) >= 11 is 0. The summed E-state index contributed by atoms with van der Waals surface area (Å²) in [6.07, 6.45) is 3.69. The maximum Gasteiger partial charge on any atom is 0.136 e. The molecule has 2 aromatic carbocycles. The van der Waals surface area contributed by atoms with Gasteiger partial charge in [-0.05, 0) is 42.5 Å². The summed E-state index contributed by atoms with van der Waals surface area (Å²) < 4.78 is 5.75. The van der Waals surface area contributed by atoms with Crippen LogP contribution in [0.2, 0.25) is 0 Å². The Hall–Kier alpha value is -2.09. The zero-order chi connectivity index (χ0) is 14.5. The van der Waals surface area contributed by atoms with Crippen LogP contribution in [0.1, 0.15) is 25.7 Å². The van der Waals surface area contributed by atoms with E-state index in [1.807, 2.05) is 30.3 Å². The molecular weight excluding hydrogens is 260 g/mol. The summed E-state index contributed by atoms with van der Waals surface area (Å²) in [7, 11) is 0. The maximum atomic E-state index is 11.6. The van der Waals surface area contributed by atoms with Crippen molar-refractivity contribution in [3.05, 3.63) is 54.6 Å². The Morgan fingerprint density at radius 3 is 2.33 bits per heavy atom. The Balaban J connectivity index is 1.54. The van der Waals surface area contributed by atoms with Gasteiger partial charge in [0.25, 0.3) is 0 Å². The van der Waals surface area contributed by atoms with E-state index in [9.17, 15) is 4.79 Å². The number of rotatable bonds is 5. The fourth-order valence-corrected chi connectivity index (χ4v) is 2.89. The molecule has 108 valence electrons. The van der Waals surface area contributed by atoms with Gasteiger partial charge in [0, 0.05) is 12.3 Å². The molecule has 21 heavy (non-hydrogen) atoms. The van der Waals surface area contributed by atoms with E-state index in [-0.39, 0.29) is 5.92 Å². The largest absolute Gasteiger partial charge is 0.494 e. The predicted molar refractivity (Wildman–Crippen MR) is 84.3 cm³/mol. The van der Waals surface area contributed by atoms with Crippen molar-refractivity contribution in [3.63, 3.8) is 0 Å². The molecule has 1 unspecified atom stereocenters. The van der Waals surface area contributed by atoms with Gasteiger partial charge in [-0.2, -0.15) is 0 Å². The summed E-state index contributed by atoms with van der Waals surface area (Å²) in [6, 6.07) is 18.4. The third-order valence-corrected chi connectivity index (χ3v) is 4.13. The van der Waals surface area contributed by atoms with Crippen LogP contribution in [-0.4, -0.2) is 12.4 Å². The molecule has 1 aliphatic carbocycles. The number of ketones is 1. The fourth-order valence-electron chi connectivity index (χ4n) is 2.89. The number of Topliss-reactive ketones (excluding diaryl/α,β-unsaturated/α-hetero) is 1. The molecule has 0 aliphatic heterocycles. The van der Waals surface area contributed by atoms with Crippen LogP contribution in [0.3, 0.4) is 0 Å². The second kappa shape index (κ2) is 6.57. The first kappa shape index (κ1) is 13.9. The smallest absolute Gasteiger partial charge is 0.136 e. The highest BCUT2D eigenvalue weighted by atomic mass is 16.5. The lowest BCUT2D eigenvalue weighted by Gasteiger charge is -2.10. The molecule has 1 fully saturated rings. The van der Waals surface area contributed by atoms with Gasteiger partial charge >= 0.3 is 0 Å². The maximum absolute atomic E-state index is 11.6. The summed E-state index contributed by atoms with van der Waals surface area (Å²) in [5.41, 5.74) is 2.40. The lowest BCUT2D eigenvalue weighted by Crippen LogP contribution is -2.11. The number of carbonyl (C=O) groups is 1. The summed E-state index contributed by atoms with van der Waals surface area (Å²) in [5.74, 6) is 1.52. The molecule has 0 saturated heterocycles. The van der Waals surface area contributed by atoms with Crippen LogP contribution in [0.25, 0.3) is 11.1 Å². The van der Waals surface area contributed by atoms with E-state index in [0.29, 0.717) is 12.4 Å². The van der Waals surface area contributed by atoms with Crippen molar-refractivity contribution in [1.29, 1.82) is 0 Å². The van der Waals surface area contributed by atoms with Crippen molar-refractivity contribution in [2.45, 2.75) is 25.7 Å². The van der Waals surface area contributed by atoms with Crippen LogP contribution < -0.4 is 4.74 Å². The molecule has 0 aromatic heterocycles. The minimum atomic E-state index is 0.230. The average Bonchev–Trinajstić information content (AvgIpc) is 2.94. The topological polar surface area (TPSA) is 26.3 Å². The van der Waals surface area contributed by atoms with Crippen LogP contribution in [-0.2, 0) is 4.79 Å². The molecule has 0 spiro atoms.